The van der Waals surface area contributed by atoms with E-state index >= 15 is 0 Å². The third kappa shape index (κ3) is 4.72. The molecule has 2 amide bonds. The number of benzene rings is 1. The van der Waals surface area contributed by atoms with E-state index in [0.717, 1.165) is 0 Å². The molecule has 1 saturated heterocycles. The second-order valence-electron chi connectivity index (χ2n) is 5.96. The van der Waals surface area contributed by atoms with Gasteiger partial charge in [0.1, 0.15) is 5.15 Å². The molecular weight excluding hydrogens is 375 g/mol. The summed E-state index contributed by atoms with van der Waals surface area (Å²) >= 11 is 11.9. The molecule has 1 aromatic carbocycles. The molecule has 8 heteroatoms. The molecule has 1 aliphatic heterocycles. The van der Waals surface area contributed by atoms with Crippen molar-refractivity contribution in [2.45, 2.75) is 0 Å². The van der Waals surface area contributed by atoms with Crippen molar-refractivity contribution in [3.05, 3.63) is 58.3 Å². The van der Waals surface area contributed by atoms with Crippen molar-refractivity contribution >= 4 is 40.7 Å². The van der Waals surface area contributed by atoms with Crippen molar-refractivity contribution in [3.63, 3.8) is 0 Å². The Morgan fingerprint density at radius 2 is 1.81 bits per heavy atom. The highest BCUT2D eigenvalue weighted by Crippen LogP contribution is 2.20. The molecule has 26 heavy (non-hydrogen) atoms. The normalized spacial score (nSPS) is 14.9. The molecule has 1 aromatic heterocycles. The van der Waals surface area contributed by atoms with Gasteiger partial charge in [-0.3, -0.25) is 14.5 Å². The summed E-state index contributed by atoms with van der Waals surface area (Å²) in [6, 6.07) is 10.3. The van der Waals surface area contributed by atoms with Crippen LogP contribution < -0.4 is 5.32 Å². The molecule has 0 atom stereocenters. The van der Waals surface area contributed by atoms with Gasteiger partial charge in [-0.1, -0.05) is 35.3 Å². The molecule has 0 radical (unpaired) electrons. The van der Waals surface area contributed by atoms with E-state index in [-0.39, 0.29) is 18.4 Å². The molecular formula is C18H18Cl2N4O2. The monoisotopic (exact) mass is 392 g/mol. The zero-order chi connectivity index (χ0) is 18.5. The minimum Gasteiger partial charge on any atom is -0.336 e. The van der Waals surface area contributed by atoms with Gasteiger partial charge < -0.3 is 10.2 Å². The molecule has 0 spiro atoms. The summed E-state index contributed by atoms with van der Waals surface area (Å²) in [7, 11) is 0. The van der Waals surface area contributed by atoms with Crippen LogP contribution in [-0.4, -0.2) is 59.3 Å². The lowest BCUT2D eigenvalue weighted by atomic mass is 10.2. The molecule has 6 nitrogen and oxygen atoms in total. The van der Waals surface area contributed by atoms with Crippen molar-refractivity contribution in [2.75, 3.05) is 38.0 Å². The Morgan fingerprint density at radius 3 is 2.50 bits per heavy atom. The minimum atomic E-state index is -0.126. The standard InChI is InChI=1S/C18H18Cl2N4O2/c19-14-3-1-2-4-15(14)22-17(25)12-23-7-9-24(10-8-23)18(26)13-5-6-21-16(20)11-13/h1-6,11H,7-10,12H2,(H,22,25). The van der Waals surface area contributed by atoms with Crippen LogP contribution in [0.15, 0.2) is 42.6 Å². The summed E-state index contributed by atoms with van der Waals surface area (Å²) in [6.45, 7) is 2.62. The first kappa shape index (κ1) is 18.6. The Balaban J connectivity index is 1.50. The first-order valence-corrected chi connectivity index (χ1v) is 8.96. The predicted octanol–water partition coefficient (Wildman–Crippen LogP) is 2.78. The Labute approximate surface area is 161 Å². The van der Waals surface area contributed by atoms with Crippen LogP contribution in [-0.2, 0) is 4.79 Å². The molecule has 1 fully saturated rings. The second kappa shape index (κ2) is 8.49. The fraction of sp³-hybridized carbons (Fsp3) is 0.278. The molecule has 1 aliphatic rings. The largest absolute Gasteiger partial charge is 0.336 e. The number of nitrogens with zero attached hydrogens (tertiary/aromatic N) is 3. The number of piperazine rings is 1. The highest BCUT2D eigenvalue weighted by molar-refractivity contribution is 6.33. The Kier molecular flexibility index (Phi) is 6.08. The summed E-state index contributed by atoms with van der Waals surface area (Å²) < 4.78 is 0. The molecule has 2 aromatic rings. The summed E-state index contributed by atoms with van der Waals surface area (Å²) in [5, 5.41) is 3.61. The van der Waals surface area contributed by atoms with Gasteiger partial charge in [0, 0.05) is 37.9 Å². The molecule has 136 valence electrons. The van der Waals surface area contributed by atoms with Crippen molar-refractivity contribution in [1.29, 1.82) is 0 Å². The number of carbonyl (C=O) groups is 2. The lowest BCUT2D eigenvalue weighted by molar-refractivity contribution is -0.117. The smallest absolute Gasteiger partial charge is 0.254 e. The van der Waals surface area contributed by atoms with E-state index in [9.17, 15) is 9.59 Å². The Morgan fingerprint density at radius 1 is 1.08 bits per heavy atom. The SMILES string of the molecule is O=C(CN1CCN(C(=O)c2ccnc(Cl)c2)CC1)Nc1ccccc1Cl. The van der Waals surface area contributed by atoms with Gasteiger partial charge >= 0.3 is 0 Å². The van der Waals surface area contributed by atoms with Gasteiger partial charge in [0.15, 0.2) is 0 Å². The third-order valence-corrected chi connectivity index (χ3v) is 4.68. The van der Waals surface area contributed by atoms with Gasteiger partial charge in [0.2, 0.25) is 5.91 Å². The fourth-order valence-corrected chi connectivity index (χ4v) is 3.14. The number of para-hydroxylation sites is 1. The van der Waals surface area contributed by atoms with Gasteiger partial charge in [0.05, 0.1) is 17.3 Å². The molecule has 0 unspecified atom stereocenters. The summed E-state index contributed by atoms with van der Waals surface area (Å²) in [5.74, 6) is -0.201. The lowest BCUT2D eigenvalue weighted by Crippen LogP contribution is -2.50. The zero-order valence-corrected chi connectivity index (χ0v) is 15.5. The Hall–Kier alpha value is -2.15. The van der Waals surface area contributed by atoms with Gasteiger partial charge in [0.25, 0.3) is 5.91 Å². The molecule has 1 N–H and O–H groups in total. The van der Waals surface area contributed by atoms with Crippen LogP contribution in [0.3, 0.4) is 0 Å². The number of nitrogens with one attached hydrogen (secondary N) is 1. The van der Waals surface area contributed by atoms with E-state index in [4.69, 9.17) is 23.2 Å². The van der Waals surface area contributed by atoms with Crippen molar-refractivity contribution in [1.82, 2.24) is 14.8 Å². The van der Waals surface area contributed by atoms with Gasteiger partial charge in [-0.05, 0) is 24.3 Å². The van der Waals surface area contributed by atoms with E-state index in [1.807, 2.05) is 17.0 Å². The maximum atomic E-state index is 12.5. The third-order valence-electron chi connectivity index (χ3n) is 4.15. The highest BCUT2D eigenvalue weighted by Gasteiger charge is 2.23. The van der Waals surface area contributed by atoms with Crippen molar-refractivity contribution < 1.29 is 9.59 Å². The number of carbonyl (C=O) groups excluding carboxylic acids is 2. The first-order valence-electron chi connectivity index (χ1n) is 8.20. The van der Waals surface area contributed by atoms with E-state index in [2.05, 4.69) is 10.3 Å². The quantitative estimate of drug-likeness (QED) is 0.812. The summed E-state index contributed by atoms with van der Waals surface area (Å²) in [5.41, 5.74) is 1.12. The molecule has 0 saturated carbocycles. The van der Waals surface area contributed by atoms with Crippen LogP contribution in [0.25, 0.3) is 0 Å². The molecule has 2 heterocycles. The minimum absolute atomic E-state index is 0.0746. The zero-order valence-electron chi connectivity index (χ0n) is 14.0. The first-order chi connectivity index (χ1) is 12.5. The number of rotatable bonds is 4. The number of pyridine rings is 1. The molecule has 0 aliphatic carbocycles. The number of hydrogen-bond donors (Lipinski definition) is 1. The highest BCUT2D eigenvalue weighted by atomic mass is 35.5. The van der Waals surface area contributed by atoms with Gasteiger partial charge in [-0.25, -0.2) is 4.98 Å². The average molecular weight is 393 g/mol. The summed E-state index contributed by atoms with van der Waals surface area (Å²) in [6.07, 6.45) is 1.52. The topological polar surface area (TPSA) is 65.5 Å². The number of anilines is 1. The van der Waals surface area contributed by atoms with E-state index < -0.39 is 0 Å². The molecule has 3 rings (SSSR count). The van der Waals surface area contributed by atoms with Crippen LogP contribution >= 0.6 is 23.2 Å². The number of hydrogen-bond acceptors (Lipinski definition) is 4. The van der Waals surface area contributed by atoms with E-state index in [1.165, 1.54) is 6.20 Å². The summed E-state index contributed by atoms with van der Waals surface area (Å²) in [4.78, 5) is 32.3. The van der Waals surface area contributed by atoms with Crippen LogP contribution in [0.2, 0.25) is 10.2 Å². The van der Waals surface area contributed by atoms with E-state index in [0.29, 0.717) is 47.6 Å². The van der Waals surface area contributed by atoms with Gasteiger partial charge in [-0.2, -0.15) is 0 Å². The molecule has 0 bridgehead atoms. The fourth-order valence-electron chi connectivity index (χ4n) is 2.78. The van der Waals surface area contributed by atoms with Crippen LogP contribution in [0, 0.1) is 0 Å². The number of amides is 2. The van der Waals surface area contributed by atoms with E-state index in [1.54, 1.807) is 29.2 Å². The average Bonchev–Trinajstić information content (AvgIpc) is 2.64. The Bertz CT molecular complexity index is 807. The maximum Gasteiger partial charge on any atom is 0.254 e. The second-order valence-corrected chi connectivity index (χ2v) is 6.76. The predicted molar refractivity (Wildman–Crippen MR) is 102 cm³/mol. The van der Waals surface area contributed by atoms with Crippen LogP contribution in [0.5, 0.6) is 0 Å². The van der Waals surface area contributed by atoms with Crippen molar-refractivity contribution in [2.24, 2.45) is 0 Å². The maximum absolute atomic E-state index is 12.5. The lowest BCUT2D eigenvalue weighted by Gasteiger charge is -2.34. The number of halogens is 2. The van der Waals surface area contributed by atoms with Crippen LogP contribution in [0.1, 0.15) is 10.4 Å². The van der Waals surface area contributed by atoms with Crippen LogP contribution in [0.4, 0.5) is 5.69 Å². The number of aromatic nitrogens is 1. The van der Waals surface area contributed by atoms with Crippen molar-refractivity contribution in [3.8, 4) is 0 Å². The van der Waals surface area contributed by atoms with Gasteiger partial charge in [-0.15, -0.1) is 0 Å².